The molecule has 2 nitrogen and oxygen atoms in total. The van der Waals surface area contributed by atoms with Gasteiger partial charge in [0.25, 0.3) is 0 Å². The Hall–Kier alpha value is -1.13. The first-order valence-corrected chi connectivity index (χ1v) is 11.4. The van der Waals surface area contributed by atoms with E-state index in [2.05, 4.69) is 16.9 Å². The molecule has 0 amide bonds. The Morgan fingerprint density at radius 1 is 0.821 bits per heavy atom. The van der Waals surface area contributed by atoms with Gasteiger partial charge in [0.05, 0.1) is 0 Å². The minimum atomic E-state index is -4.45. The highest BCUT2D eigenvalue weighted by molar-refractivity contribution is 5.13. The van der Waals surface area contributed by atoms with Crippen LogP contribution in [0.5, 0.6) is 0 Å². The van der Waals surface area contributed by atoms with Gasteiger partial charge in [-0.2, -0.15) is 13.2 Å². The highest BCUT2D eigenvalue weighted by Crippen LogP contribution is 2.44. The molecule has 0 spiro atoms. The molecule has 1 aromatic heterocycles. The van der Waals surface area contributed by atoms with Gasteiger partial charge in [-0.1, -0.05) is 51.9 Å². The van der Waals surface area contributed by atoms with Crippen molar-refractivity contribution in [3.63, 3.8) is 0 Å². The molecule has 0 bridgehead atoms. The van der Waals surface area contributed by atoms with Crippen molar-refractivity contribution < 1.29 is 13.2 Å². The smallest absolute Gasteiger partial charge is 0.233 e. The van der Waals surface area contributed by atoms with Crippen LogP contribution in [-0.4, -0.2) is 9.97 Å². The van der Waals surface area contributed by atoms with E-state index in [4.69, 9.17) is 0 Å². The van der Waals surface area contributed by atoms with Crippen molar-refractivity contribution in [1.29, 1.82) is 0 Å². The van der Waals surface area contributed by atoms with Gasteiger partial charge in [-0.15, -0.1) is 0 Å². The van der Waals surface area contributed by atoms with Gasteiger partial charge in [-0.05, 0) is 67.8 Å². The van der Waals surface area contributed by atoms with Crippen molar-refractivity contribution >= 4 is 0 Å². The molecule has 28 heavy (non-hydrogen) atoms. The van der Waals surface area contributed by atoms with Crippen LogP contribution < -0.4 is 0 Å². The third-order valence-electron chi connectivity index (χ3n) is 7.19. The Kier molecular flexibility index (Phi) is 7.76. The maximum absolute atomic E-state index is 12.6. The number of alkyl halides is 3. The molecule has 0 atom stereocenters. The molecular formula is C23H35F3N2. The van der Waals surface area contributed by atoms with Gasteiger partial charge in [0.2, 0.25) is 5.82 Å². The predicted molar refractivity (Wildman–Crippen MR) is 106 cm³/mol. The van der Waals surface area contributed by atoms with E-state index in [1.54, 1.807) is 0 Å². The molecule has 2 fully saturated rings. The first kappa shape index (κ1) is 21.6. The minimum absolute atomic E-state index is 0.327. The largest absolute Gasteiger partial charge is 0.451 e. The number of halogens is 3. The van der Waals surface area contributed by atoms with Crippen LogP contribution in [0.2, 0.25) is 0 Å². The van der Waals surface area contributed by atoms with Gasteiger partial charge in [0.1, 0.15) is 0 Å². The van der Waals surface area contributed by atoms with Gasteiger partial charge in [0.15, 0.2) is 0 Å². The molecule has 3 rings (SSSR count). The van der Waals surface area contributed by atoms with Crippen LogP contribution in [0.15, 0.2) is 12.4 Å². The first-order chi connectivity index (χ1) is 13.5. The summed E-state index contributed by atoms with van der Waals surface area (Å²) in [6.07, 6.45) is 15.4. The van der Waals surface area contributed by atoms with Crippen molar-refractivity contribution in [1.82, 2.24) is 9.97 Å². The van der Waals surface area contributed by atoms with E-state index in [1.807, 2.05) is 0 Å². The summed E-state index contributed by atoms with van der Waals surface area (Å²) in [5, 5.41) is 0. The van der Waals surface area contributed by atoms with Crippen LogP contribution >= 0.6 is 0 Å². The molecule has 0 aromatic carbocycles. The van der Waals surface area contributed by atoms with Crippen LogP contribution in [0.4, 0.5) is 13.2 Å². The van der Waals surface area contributed by atoms with Gasteiger partial charge >= 0.3 is 6.18 Å². The number of aromatic nitrogens is 2. The van der Waals surface area contributed by atoms with E-state index in [0.717, 1.165) is 36.2 Å². The summed E-state index contributed by atoms with van der Waals surface area (Å²) in [5.74, 6) is 1.93. The normalized spacial score (nSPS) is 29.0. The Morgan fingerprint density at radius 3 is 1.93 bits per heavy atom. The van der Waals surface area contributed by atoms with Crippen LogP contribution in [0.3, 0.4) is 0 Å². The Bertz CT molecular complexity index is 569. The van der Waals surface area contributed by atoms with Crippen LogP contribution in [0.25, 0.3) is 0 Å². The Balaban J connectivity index is 1.40. The van der Waals surface area contributed by atoms with Gasteiger partial charge in [0, 0.05) is 12.4 Å². The molecule has 0 aliphatic heterocycles. The van der Waals surface area contributed by atoms with E-state index in [0.29, 0.717) is 5.92 Å². The summed E-state index contributed by atoms with van der Waals surface area (Å²) in [7, 11) is 0. The Morgan fingerprint density at radius 2 is 1.39 bits per heavy atom. The number of hydrogen-bond acceptors (Lipinski definition) is 2. The van der Waals surface area contributed by atoms with Crippen molar-refractivity contribution in [2.75, 3.05) is 0 Å². The third-order valence-corrected chi connectivity index (χ3v) is 7.19. The Labute approximate surface area is 167 Å². The van der Waals surface area contributed by atoms with E-state index in [9.17, 15) is 13.2 Å². The fraction of sp³-hybridized carbons (Fsp3) is 0.826. The minimum Gasteiger partial charge on any atom is -0.233 e. The topological polar surface area (TPSA) is 25.8 Å². The van der Waals surface area contributed by atoms with Crippen molar-refractivity contribution in [2.45, 2.75) is 102 Å². The zero-order chi connectivity index (χ0) is 20.0. The molecule has 0 unspecified atom stereocenters. The summed E-state index contributed by atoms with van der Waals surface area (Å²) in [6.45, 7) is 2.27. The van der Waals surface area contributed by atoms with E-state index in [1.165, 1.54) is 83.0 Å². The maximum Gasteiger partial charge on any atom is 0.451 e. The molecule has 2 aliphatic rings. The van der Waals surface area contributed by atoms with Gasteiger partial charge < -0.3 is 0 Å². The third kappa shape index (κ3) is 5.93. The number of unbranched alkanes of at least 4 members (excludes halogenated alkanes) is 3. The quantitative estimate of drug-likeness (QED) is 0.445. The molecule has 5 heteroatoms. The molecule has 2 aliphatic carbocycles. The summed E-state index contributed by atoms with van der Waals surface area (Å²) < 4.78 is 37.9. The van der Waals surface area contributed by atoms with E-state index in [-0.39, 0.29) is 0 Å². The number of nitrogens with zero attached hydrogens (tertiary/aromatic N) is 2. The standard InChI is InChI=1S/C23H35F3N2/c1-2-3-4-5-6-17-7-9-18(10-8-17)19-11-13-20(14-12-19)21-15-27-22(28-16-21)23(24,25)26/h15-20H,2-14H2,1H3/t17-,18-,19?,20?. The highest BCUT2D eigenvalue weighted by atomic mass is 19.4. The molecule has 0 radical (unpaired) electrons. The van der Waals surface area contributed by atoms with Crippen molar-refractivity contribution in [2.24, 2.45) is 17.8 Å². The molecule has 0 saturated heterocycles. The SMILES string of the molecule is CCCCCC[C@H]1CC[C@H](C2CCC(c3cnc(C(F)(F)F)nc3)CC2)CC1. The lowest BCUT2D eigenvalue weighted by atomic mass is 9.68. The fourth-order valence-electron chi connectivity index (χ4n) is 5.43. The first-order valence-electron chi connectivity index (χ1n) is 11.4. The molecule has 1 heterocycles. The average Bonchev–Trinajstić information content (AvgIpc) is 2.71. The predicted octanol–water partition coefficient (Wildman–Crippen LogP) is 7.55. The second kappa shape index (κ2) is 10.1. The summed E-state index contributed by atoms with van der Waals surface area (Å²) in [6, 6.07) is 0. The monoisotopic (exact) mass is 396 g/mol. The summed E-state index contributed by atoms with van der Waals surface area (Å²) in [4.78, 5) is 7.08. The van der Waals surface area contributed by atoms with Crippen LogP contribution in [0, 0.1) is 17.8 Å². The van der Waals surface area contributed by atoms with E-state index < -0.39 is 12.0 Å². The lowest BCUT2D eigenvalue weighted by Gasteiger charge is -2.38. The molecule has 2 saturated carbocycles. The number of rotatable bonds is 7. The van der Waals surface area contributed by atoms with Gasteiger partial charge in [-0.25, -0.2) is 9.97 Å². The zero-order valence-electron chi connectivity index (χ0n) is 17.2. The highest BCUT2D eigenvalue weighted by Gasteiger charge is 2.35. The molecule has 158 valence electrons. The lowest BCUT2D eigenvalue weighted by Crippen LogP contribution is -2.25. The molecule has 0 N–H and O–H groups in total. The van der Waals surface area contributed by atoms with Crippen molar-refractivity contribution in [3.05, 3.63) is 23.8 Å². The summed E-state index contributed by atoms with van der Waals surface area (Å²) in [5.41, 5.74) is 0.877. The van der Waals surface area contributed by atoms with Gasteiger partial charge in [-0.3, -0.25) is 0 Å². The lowest BCUT2D eigenvalue weighted by molar-refractivity contribution is -0.145. The summed E-state index contributed by atoms with van der Waals surface area (Å²) >= 11 is 0. The number of hydrogen-bond donors (Lipinski definition) is 0. The maximum atomic E-state index is 12.6. The molecule has 1 aromatic rings. The van der Waals surface area contributed by atoms with Crippen LogP contribution in [0.1, 0.15) is 108 Å². The average molecular weight is 397 g/mol. The second-order valence-electron chi connectivity index (χ2n) is 9.08. The van der Waals surface area contributed by atoms with Crippen LogP contribution in [-0.2, 0) is 6.18 Å². The van der Waals surface area contributed by atoms with Crippen molar-refractivity contribution in [3.8, 4) is 0 Å². The second-order valence-corrected chi connectivity index (χ2v) is 9.08. The zero-order valence-corrected chi connectivity index (χ0v) is 17.2. The van der Waals surface area contributed by atoms with E-state index >= 15 is 0 Å². The fourth-order valence-corrected chi connectivity index (χ4v) is 5.43. The molecular weight excluding hydrogens is 361 g/mol.